The van der Waals surface area contributed by atoms with Gasteiger partial charge in [-0.2, -0.15) is 0 Å². The zero-order chi connectivity index (χ0) is 9.68. The molecule has 1 aromatic carbocycles. The lowest BCUT2D eigenvalue weighted by molar-refractivity contribution is -0.108. The van der Waals surface area contributed by atoms with Gasteiger partial charge in [0.05, 0.1) is 11.6 Å². The van der Waals surface area contributed by atoms with Gasteiger partial charge < -0.3 is 9.53 Å². The number of carbonyl (C=O) groups excluding carboxylic acids is 1. The maximum absolute atomic E-state index is 12.6. The molecule has 1 aromatic rings. The van der Waals surface area contributed by atoms with Crippen LogP contribution < -0.4 is 4.74 Å². The maximum Gasteiger partial charge on any atom is 0.142 e. The van der Waals surface area contributed by atoms with Crippen LogP contribution in [0.4, 0.5) is 4.39 Å². The van der Waals surface area contributed by atoms with Crippen molar-refractivity contribution >= 4 is 17.9 Å². The third-order valence-corrected chi connectivity index (χ3v) is 1.69. The van der Waals surface area contributed by atoms with Crippen LogP contribution in [-0.2, 0) is 4.79 Å². The second-order valence-electron chi connectivity index (χ2n) is 2.38. The van der Waals surface area contributed by atoms with E-state index in [2.05, 4.69) is 0 Å². The fourth-order valence-electron chi connectivity index (χ4n) is 0.792. The van der Waals surface area contributed by atoms with E-state index < -0.39 is 5.82 Å². The number of hydrogen-bond acceptors (Lipinski definition) is 2. The summed E-state index contributed by atoms with van der Waals surface area (Å²) in [6, 6.07) is 4.06. The average Bonchev–Trinajstić information content (AvgIpc) is 2.12. The Kier molecular flexibility index (Phi) is 3.71. The van der Waals surface area contributed by atoms with Gasteiger partial charge in [-0.05, 0) is 12.1 Å². The molecular weight excluding hydrogens is 195 g/mol. The molecule has 0 saturated heterocycles. The number of carbonyl (C=O) groups is 1. The molecule has 0 saturated carbocycles. The molecule has 70 valence electrons. The first kappa shape index (κ1) is 9.99. The van der Waals surface area contributed by atoms with Crippen molar-refractivity contribution in [2.45, 2.75) is 6.42 Å². The third kappa shape index (κ3) is 3.03. The Hall–Kier alpha value is -1.09. The number of rotatable bonds is 4. The maximum atomic E-state index is 12.6. The Balaban J connectivity index is 2.57. The predicted molar refractivity (Wildman–Crippen MR) is 47.6 cm³/mol. The molecule has 4 heteroatoms. The molecule has 1 rings (SSSR count). The number of ether oxygens (including phenoxy) is 1. The highest BCUT2D eigenvalue weighted by atomic mass is 35.5. The SMILES string of the molecule is O=CCCOc1ccc(F)c(Cl)c1. The zero-order valence-electron chi connectivity index (χ0n) is 6.80. The van der Waals surface area contributed by atoms with Crippen molar-refractivity contribution in [2.24, 2.45) is 0 Å². The fourth-order valence-corrected chi connectivity index (χ4v) is 0.962. The van der Waals surface area contributed by atoms with Gasteiger partial charge in [0.25, 0.3) is 0 Å². The second kappa shape index (κ2) is 4.82. The van der Waals surface area contributed by atoms with Gasteiger partial charge in [-0.1, -0.05) is 11.6 Å². The van der Waals surface area contributed by atoms with Crippen LogP contribution >= 0.6 is 11.6 Å². The first-order valence-electron chi connectivity index (χ1n) is 3.75. The Morgan fingerprint density at radius 1 is 1.54 bits per heavy atom. The molecular formula is C9H8ClFO2. The number of hydrogen-bond donors (Lipinski definition) is 0. The molecule has 0 spiro atoms. The summed E-state index contributed by atoms with van der Waals surface area (Å²) >= 11 is 5.50. The molecule has 0 atom stereocenters. The van der Waals surface area contributed by atoms with Gasteiger partial charge in [0.2, 0.25) is 0 Å². The van der Waals surface area contributed by atoms with Crippen molar-refractivity contribution in [3.63, 3.8) is 0 Å². The summed E-state index contributed by atoms with van der Waals surface area (Å²) in [6.45, 7) is 0.283. The summed E-state index contributed by atoms with van der Waals surface area (Å²) in [4.78, 5) is 9.95. The molecule has 0 aliphatic carbocycles. The van der Waals surface area contributed by atoms with E-state index in [1.165, 1.54) is 18.2 Å². The highest BCUT2D eigenvalue weighted by Gasteiger charge is 2.00. The molecule has 0 aliphatic heterocycles. The molecule has 0 aliphatic rings. The summed E-state index contributed by atoms with van der Waals surface area (Å²) in [5.74, 6) is -0.0161. The Morgan fingerprint density at radius 3 is 2.92 bits per heavy atom. The standard InChI is InChI=1S/C9H8ClFO2/c10-8-6-7(2-3-9(8)11)13-5-1-4-12/h2-4,6H,1,5H2. The summed E-state index contributed by atoms with van der Waals surface area (Å²) in [7, 11) is 0. The Labute approximate surface area is 80.3 Å². The van der Waals surface area contributed by atoms with E-state index in [1.807, 2.05) is 0 Å². The monoisotopic (exact) mass is 202 g/mol. The highest BCUT2D eigenvalue weighted by Crippen LogP contribution is 2.20. The van der Waals surface area contributed by atoms with Crippen LogP contribution in [0.3, 0.4) is 0 Å². The molecule has 0 fully saturated rings. The Morgan fingerprint density at radius 2 is 2.31 bits per heavy atom. The van der Waals surface area contributed by atoms with E-state index in [1.54, 1.807) is 0 Å². The lowest BCUT2D eigenvalue weighted by atomic mass is 10.3. The minimum atomic E-state index is -0.482. The van der Waals surface area contributed by atoms with Crippen molar-refractivity contribution in [1.29, 1.82) is 0 Å². The van der Waals surface area contributed by atoms with Crippen LogP contribution in [0.1, 0.15) is 6.42 Å². The lowest BCUT2D eigenvalue weighted by Gasteiger charge is -2.03. The van der Waals surface area contributed by atoms with Crippen molar-refractivity contribution in [3.8, 4) is 5.75 Å². The van der Waals surface area contributed by atoms with Crippen LogP contribution in [0.15, 0.2) is 18.2 Å². The molecule has 0 heterocycles. The van der Waals surface area contributed by atoms with Crippen LogP contribution in [0, 0.1) is 5.82 Å². The number of benzene rings is 1. The zero-order valence-corrected chi connectivity index (χ0v) is 7.55. The molecule has 2 nitrogen and oxygen atoms in total. The van der Waals surface area contributed by atoms with E-state index in [4.69, 9.17) is 16.3 Å². The quantitative estimate of drug-likeness (QED) is 0.554. The first-order valence-corrected chi connectivity index (χ1v) is 4.13. The van der Waals surface area contributed by atoms with Gasteiger partial charge in [-0.25, -0.2) is 4.39 Å². The summed E-state index contributed by atoms with van der Waals surface area (Å²) < 4.78 is 17.7. The van der Waals surface area contributed by atoms with Gasteiger partial charge in [0, 0.05) is 12.5 Å². The molecule has 0 bridgehead atoms. The van der Waals surface area contributed by atoms with Crippen molar-refractivity contribution in [3.05, 3.63) is 29.0 Å². The van der Waals surface area contributed by atoms with Gasteiger partial charge in [0.1, 0.15) is 17.9 Å². The minimum Gasteiger partial charge on any atom is -0.493 e. The summed E-state index contributed by atoms with van der Waals surface area (Å²) in [5.41, 5.74) is 0. The molecule has 13 heavy (non-hydrogen) atoms. The number of aldehydes is 1. The smallest absolute Gasteiger partial charge is 0.142 e. The van der Waals surface area contributed by atoms with E-state index in [-0.39, 0.29) is 11.6 Å². The van der Waals surface area contributed by atoms with E-state index >= 15 is 0 Å². The van der Waals surface area contributed by atoms with Crippen LogP contribution in [-0.4, -0.2) is 12.9 Å². The fraction of sp³-hybridized carbons (Fsp3) is 0.222. The third-order valence-electron chi connectivity index (χ3n) is 1.40. The first-order chi connectivity index (χ1) is 6.24. The van der Waals surface area contributed by atoms with E-state index in [9.17, 15) is 9.18 Å². The molecule has 0 unspecified atom stereocenters. The minimum absolute atomic E-state index is 0.0172. The summed E-state index contributed by atoms with van der Waals surface area (Å²) in [5, 5.41) is 0.0172. The second-order valence-corrected chi connectivity index (χ2v) is 2.79. The van der Waals surface area contributed by atoms with Crippen molar-refractivity contribution in [1.82, 2.24) is 0 Å². The van der Waals surface area contributed by atoms with Crippen LogP contribution in [0.5, 0.6) is 5.75 Å². The molecule has 0 aromatic heterocycles. The number of halogens is 2. The average molecular weight is 203 g/mol. The molecule has 0 N–H and O–H groups in total. The van der Waals surface area contributed by atoms with E-state index in [0.29, 0.717) is 12.2 Å². The van der Waals surface area contributed by atoms with Crippen molar-refractivity contribution in [2.75, 3.05) is 6.61 Å². The summed E-state index contributed by atoms with van der Waals surface area (Å²) in [6.07, 6.45) is 1.07. The van der Waals surface area contributed by atoms with Crippen LogP contribution in [0.25, 0.3) is 0 Å². The van der Waals surface area contributed by atoms with Gasteiger partial charge in [-0.15, -0.1) is 0 Å². The molecule has 0 radical (unpaired) electrons. The van der Waals surface area contributed by atoms with Gasteiger partial charge in [-0.3, -0.25) is 0 Å². The predicted octanol–water partition coefficient (Wildman–Crippen LogP) is 2.45. The van der Waals surface area contributed by atoms with Crippen LogP contribution in [0.2, 0.25) is 5.02 Å². The molecule has 0 amide bonds. The van der Waals surface area contributed by atoms with Gasteiger partial charge in [0.15, 0.2) is 0 Å². The normalized spacial score (nSPS) is 9.69. The van der Waals surface area contributed by atoms with Gasteiger partial charge >= 0.3 is 0 Å². The highest BCUT2D eigenvalue weighted by molar-refractivity contribution is 6.30. The van der Waals surface area contributed by atoms with Crippen molar-refractivity contribution < 1.29 is 13.9 Å². The topological polar surface area (TPSA) is 26.3 Å². The largest absolute Gasteiger partial charge is 0.493 e. The lowest BCUT2D eigenvalue weighted by Crippen LogP contribution is -1.97. The van der Waals surface area contributed by atoms with E-state index in [0.717, 1.165) is 6.29 Å². The Bertz CT molecular complexity index is 302.